The van der Waals surface area contributed by atoms with E-state index in [9.17, 15) is 4.79 Å². The lowest BCUT2D eigenvalue weighted by atomic mass is 9.98. The maximum Gasteiger partial charge on any atom is 0.328 e. The third-order valence-electron chi connectivity index (χ3n) is 6.42. The molecule has 0 radical (unpaired) electrons. The molecule has 7 nitrogen and oxygen atoms in total. The fourth-order valence-corrected chi connectivity index (χ4v) is 4.46. The number of nitrogens with one attached hydrogen (secondary N) is 1. The van der Waals surface area contributed by atoms with Crippen LogP contribution in [0.25, 0.3) is 22.5 Å². The van der Waals surface area contributed by atoms with Gasteiger partial charge in [0.1, 0.15) is 0 Å². The van der Waals surface area contributed by atoms with Crippen LogP contribution in [0.2, 0.25) is 0 Å². The second-order valence-electron chi connectivity index (χ2n) is 9.51. The standard InChI is InChI=1S/C29H30N6O/c1-21(2)12-17-25-20-34(18-22-8-4-3-5-9-22)29(36)35(25)19-23-13-15-24(16-14-23)26-10-6-7-11-27(26)28-30-32-33-31-28/h3-11,13-16,20-21H,12,17-19H2,1-2H3,(H,30,31,32,33). The zero-order valence-corrected chi connectivity index (χ0v) is 20.6. The lowest BCUT2D eigenvalue weighted by Crippen LogP contribution is -2.26. The van der Waals surface area contributed by atoms with E-state index < -0.39 is 0 Å². The lowest BCUT2D eigenvalue weighted by Gasteiger charge is -2.11. The number of imidazole rings is 1. The Morgan fingerprint density at radius 3 is 2.22 bits per heavy atom. The molecular weight excluding hydrogens is 448 g/mol. The molecule has 0 aliphatic rings. The second kappa shape index (κ2) is 10.6. The average Bonchev–Trinajstić information content (AvgIpc) is 3.53. The summed E-state index contributed by atoms with van der Waals surface area (Å²) in [5.74, 6) is 1.14. The van der Waals surface area contributed by atoms with Gasteiger partial charge in [0, 0.05) is 17.5 Å². The highest BCUT2D eigenvalue weighted by Crippen LogP contribution is 2.29. The largest absolute Gasteiger partial charge is 0.328 e. The Morgan fingerprint density at radius 2 is 1.53 bits per heavy atom. The fraction of sp³-hybridized carbons (Fsp3) is 0.241. The van der Waals surface area contributed by atoms with Crippen molar-refractivity contribution in [3.63, 3.8) is 0 Å². The predicted octanol–water partition coefficient (Wildman–Crippen LogP) is 5.18. The van der Waals surface area contributed by atoms with Crippen LogP contribution in [0.4, 0.5) is 0 Å². The number of aromatic nitrogens is 6. The minimum atomic E-state index is 0.0316. The molecule has 0 aliphatic heterocycles. The number of hydrogen-bond donors (Lipinski definition) is 1. The van der Waals surface area contributed by atoms with Crippen molar-refractivity contribution in [2.24, 2.45) is 5.92 Å². The molecule has 0 aliphatic carbocycles. The molecule has 0 atom stereocenters. The normalized spacial score (nSPS) is 11.3. The quantitative estimate of drug-likeness (QED) is 0.316. The summed E-state index contributed by atoms with van der Waals surface area (Å²) in [6.45, 7) is 5.55. The fourth-order valence-electron chi connectivity index (χ4n) is 4.46. The molecule has 7 heteroatoms. The van der Waals surface area contributed by atoms with E-state index in [1.165, 1.54) is 0 Å². The van der Waals surface area contributed by atoms with Crippen LogP contribution in [-0.4, -0.2) is 29.8 Å². The molecule has 36 heavy (non-hydrogen) atoms. The van der Waals surface area contributed by atoms with Gasteiger partial charge >= 0.3 is 5.69 Å². The summed E-state index contributed by atoms with van der Waals surface area (Å²) < 4.78 is 3.76. The van der Waals surface area contributed by atoms with E-state index in [0.29, 0.717) is 24.8 Å². The van der Waals surface area contributed by atoms with Crippen molar-refractivity contribution < 1.29 is 0 Å². The van der Waals surface area contributed by atoms with E-state index in [1.807, 2.05) is 51.7 Å². The SMILES string of the molecule is CC(C)CCc1cn(Cc2ccccc2)c(=O)n1Cc1ccc(-c2ccccc2-c2nn[nH]n2)cc1. The summed E-state index contributed by atoms with van der Waals surface area (Å²) >= 11 is 0. The number of tetrazole rings is 1. The molecule has 5 aromatic rings. The molecule has 5 rings (SSSR count). The van der Waals surface area contributed by atoms with Crippen molar-refractivity contribution in [2.45, 2.75) is 39.8 Å². The maximum atomic E-state index is 13.4. The van der Waals surface area contributed by atoms with Gasteiger partial charge in [-0.1, -0.05) is 92.7 Å². The maximum absolute atomic E-state index is 13.4. The Hall–Kier alpha value is -4.26. The summed E-state index contributed by atoms with van der Waals surface area (Å²) in [6.07, 6.45) is 3.96. The summed E-state index contributed by atoms with van der Waals surface area (Å²) in [6, 6.07) is 26.5. The highest BCUT2D eigenvalue weighted by atomic mass is 16.1. The van der Waals surface area contributed by atoms with Crippen LogP contribution in [0, 0.1) is 5.92 Å². The number of hydrogen-bond acceptors (Lipinski definition) is 4. The molecule has 0 unspecified atom stereocenters. The van der Waals surface area contributed by atoms with E-state index in [-0.39, 0.29) is 5.69 Å². The van der Waals surface area contributed by atoms with Crippen molar-refractivity contribution >= 4 is 0 Å². The average molecular weight is 479 g/mol. The monoisotopic (exact) mass is 478 g/mol. The van der Waals surface area contributed by atoms with Gasteiger partial charge in [-0.05, 0) is 46.2 Å². The molecule has 0 fully saturated rings. The molecule has 0 spiro atoms. The van der Waals surface area contributed by atoms with E-state index in [1.54, 1.807) is 0 Å². The number of aromatic amines is 1. The summed E-state index contributed by atoms with van der Waals surface area (Å²) in [7, 11) is 0. The first kappa shape index (κ1) is 23.5. The lowest BCUT2D eigenvalue weighted by molar-refractivity contribution is 0.565. The third-order valence-corrected chi connectivity index (χ3v) is 6.42. The Bertz CT molecular complexity index is 1460. The third kappa shape index (κ3) is 5.20. The highest BCUT2D eigenvalue weighted by molar-refractivity contribution is 5.80. The molecule has 182 valence electrons. The van der Waals surface area contributed by atoms with Crippen molar-refractivity contribution in [1.29, 1.82) is 0 Å². The molecule has 0 saturated carbocycles. The molecule has 0 amide bonds. The van der Waals surface area contributed by atoms with Crippen LogP contribution in [0.5, 0.6) is 0 Å². The number of nitrogens with zero attached hydrogens (tertiary/aromatic N) is 5. The molecule has 0 bridgehead atoms. The van der Waals surface area contributed by atoms with Crippen LogP contribution in [-0.2, 0) is 19.5 Å². The first-order valence-electron chi connectivity index (χ1n) is 12.3. The zero-order chi connectivity index (χ0) is 24.9. The zero-order valence-electron chi connectivity index (χ0n) is 20.6. The first-order chi connectivity index (χ1) is 17.6. The Labute approximate surface area is 210 Å². The minimum absolute atomic E-state index is 0.0316. The number of rotatable bonds is 9. The molecule has 2 heterocycles. The van der Waals surface area contributed by atoms with Crippen LogP contribution in [0.1, 0.15) is 37.1 Å². The van der Waals surface area contributed by atoms with Gasteiger partial charge in [-0.15, -0.1) is 10.2 Å². The first-order valence-corrected chi connectivity index (χ1v) is 12.3. The van der Waals surface area contributed by atoms with Gasteiger partial charge in [0.25, 0.3) is 0 Å². The van der Waals surface area contributed by atoms with Crippen LogP contribution in [0.15, 0.2) is 89.9 Å². The van der Waals surface area contributed by atoms with Gasteiger partial charge in [0.2, 0.25) is 5.82 Å². The van der Waals surface area contributed by atoms with Crippen molar-refractivity contribution in [2.75, 3.05) is 0 Å². The van der Waals surface area contributed by atoms with Crippen molar-refractivity contribution in [3.05, 3.63) is 112 Å². The summed E-state index contributed by atoms with van der Waals surface area (Å²) in [5.41, 5.74) is 6.34. The summed E-state index contributed by atoms with van der Waals surface area (Å²) in [5, 5.41) is 14.5. The molecular formula is C29H30N6O. The van der Waals surface area contributed by atoms with E-state index in [4.69, 9.17) is 0 Å². The van der Waals surface area contributed by atoms with Crippen LogP contribution < -0.4 is 5.69 Å². The Kier molecular flexibility index (Phi) is 6.89. The predicted molar refractivity (Wildman–Crippen MR) is 142 cm³/mol. The molecule has 2 aromatic heterocycles. The Balaban J connectivity index is 1.42. The second-order valence-corrected chi connectivity index (χ2v) is 9.51. The van der Waals surface area contributed by atoms with Gasteiger partial charge in [-0.3, -0.25) is 9.13 Å². The van der Waals surface area contributed by atoms with Crippen molar-refractivity contribution in [1.82, 2.24) is 29.8 Å². The minimum Gasteiger partial charge on any atom is -0.295 e. The number of benzene rings is 3. The molecule has 0 saturated heterocycles. The number of aryl methyl sites for hydroxylation is 1. The highest BCUT2D eigenvalue weighted by Gasteiger charge is 2.14. The van der Waals surface area contributed by atoms with Crippen LogP contribution >= 0.6 is 0 Å². The Morgan fingerprint density at radius 1 is 0.833 bits per heavy atom. The van der Waals surface area contributed by atoms with Crippen LogP contribution in [0.3, 0.4) is 0 Å². The van der Waals surface area contributed by atoms with E-state index >= 15 is 0 Å². The van der Waals surface area contributed by atoms with Gasteiger partial charge in [-0.25, -0.2) is 4.79 Å². The van der Waals surface area contributed by atoms with Crippen molar-refractivity contribution in [3.8, 4) is 22.5 Å². The molecule has 1 N–H and O–H groups in total. The van der Waals surface area contributed by atoms with E-state index in [0.717, 1.165) is 46.4 Å². The number of H-pyrrole nitrogens is 1. The van der Waals surface area contributed by atoms with Gasteiger partial charge in [0.05, 0.1) is 13.1 Å². The molecule has 3 aromatic carbocycles. The van der Waals surface area contributed by atoms with Gasteiger partial charge in [-0.2, -0.15) is 5.21 Å². The smallest absolute Gasteiger partial charge is 0.295 e. The van der Waals surface area contributed by atoms with E-state index in [2.05, 4.69) is 76.9 Å². The summed E-state index contributed by atoms with van der Waals surface area (Å²) in [4.78, 5) is 13.4. The topological polar surface area (TPSA) is 81.4 Å². The van der Waals surface area contributed by atoms with Gasteiger partial charge < -0.3 is 0 Å². The van der Waals surface area contributed by atoms with Gasteiger partial charge in [0.15, 0.2) is 0 Å².